The first-order valence-electron chi connectivity index (χ1n) is 9.05. The SMILES string of the molecule is CC(C)N(Cc1ccccc1)S(=O)(=O)c1ccc2c(c1)C(C)(C)C(=O)N2C. The summed E-state index contributed by atoms with van der Waals surface area (Å²) in [5, 5.41) is 0. The molecule has 1 aliphatic heterocycles. The van der Waals surface area contributed by atoms with Crippen LogP contribution >= 0.6 is 0 Å². The lowest BCUT2D eigenvalue weighted by Gasteiger charge is -2.26. The molecule has 2 aromatic rings. The van der Waals surface area contributed by atoms with Crippen molar-refractivity contribution in [2.75, 3.05) is 11.9 Å². The van der Waals surface area contributed by atoms with Crippen LogP contribution in [0.25, 0.3) is 0 Å². The molecule has 144 valence electrons. The van der Waals surface area contributed by atoms with Gasteiger partial charge in [-0.3, -0.25) is 4.79 Å². The van der Waals surface area contributed by atoms with Crippen LogP contribution in [0.3, 0.4) is 0 Å². The van der Waals surface area contributed by atoms with Gasteiger partial charge in [0.05, 0.1) is 10.3 Å². The Hall–Kier alpha value is -2.18. The molecule has 2 aromatic carbocycles. The Balaban J connectivity index is 2.04. The Labute approximate surface area is 161 Å². The quantitative estimate of drug-likeness (QED) is 0.790. The fourth-order valence-electron chi connectivity index (χ4n) is 3.56. The molecule has 0 N–H and O–H groups in total. The van der Waals surface area contributed by atoms with Crippen LogP contribution in [0.5, 0.6) is 0 Å². The number of fused-ring (bicyclic) bond motifs is 1. The van der Waals surface area contributed by atoms with Crippen molar-refractivity contribution in [3.8, 4) is 0 Å². The minimum Gasteiger partial charge on any atom is -0.314 e. The molecule has 1 amide bonds. The van der Waals surface area contributed by atoms with Gasteiger partial charge in [-0.25, -0.2) is 8.42 Å². The van der Waals surface area contributed by atoms with Crippen molar-refractivity contribution in [3.63, 3.8) is 0 Å². The summed E-state index contributed by atoms with van der Waals surface area (Å²) in [4.78, 5) is 14.3. The van der Waals surface area contributed by atoms with Gasteiger partial charge >= 0.3 is 0 Å². The van der Waals surface area contributed by atoms with Crippen LogP contribution < -0.4 is 4.90 Å². The summed E-state index contributed by atoms with van der Waals surface area (Å²) in [6.07, 6.45) is 0. The second-order valence-corrected chi connectivity index (χ2v) is 9.69. The van der Waals surface area contributed by atoms with Crippen molar-refractivity contribution in [3.05, 3.63) is 59.7 Å². The van der Waals surface area contributed by atoms with E-state index in [1.54, 1.807) is 30.1 Å². The lowest BCUT2D eigenvalue weighted by molar-refractivity contribution is -0.121. The average Bonchev–Trinajstić information content (AvgIpc) is 2.80. The number of hydrogen-bond acceptors (Lipinski definition) is 3. The molecule has 5 nitrogen and oxygen atoms in total. The van der Waals surface area contributed by atoms with E-state index in [4.69, 9.17) is 0 Å². The summed E-state index contributed by atoms with van der Waals surface area (Å²) >= 11 is 0. The maximum absolute atomic E-state index is 13.4. The summed E-state index contributed by atoms with van der Waals surface area (Å²) in [5.74, 6) is -0.0305. The van der Waals surface area contributed by atoms with E-state index in [1.165, 1.54) is 4.31 Å². The van der Waals surface area contributed by atoms with Gasteiger partial charge in [0.2, 0.25) is 15.9 Å². The van der Waals surface area contributed by atoms with Crippen LogP contribution in [0.15, 0.2) is 53.4 Å². The number of carbonyl (C=O) groups excluding carboxylic acids is 1. The summed E-state index contributed by atoms with van der Waals surface area (Å²) < 4.78 is 28.3. The number of benzene rings is 2. The molecule has 1 heterocycles. The molecule has 0 radical (unpaired) electrons. The number of hydrogen-bond donors (Lipinski definition) is 0. The van der Waals surface area contributed by atoms with E-state index >= 15 is 0 Å². The first-order chi connectivity index (χ1) is 12.6. The Morgan fingerprint density at radius 2 is 1.70 bits per heavy atom. The van der Waals surface area contributed by atoms with Crippen LogP contribution in [-0.4, -0.2) is 31.7 Å². The van der Waals surface area contributed by atoms with Crippen LogP contribution in [0.4, 0.5) is 5.69 Å². The Morgan fingerprint density at radius 1 is 1.07 bits per heavy atom. The van der Waals surface area contributed by atoms with E-state index in [0.717, 1.165) is 16.8 Å². The maximum Gasteiger partial charge on any atom is 0.243 e. The largest absolute Gasteiger partial charge is 0.314 e. The zero-order valence-electron chi connectivity index (χ0n) is 16.4. The molecule has 27 heavy (non-hydrogen) atoms. The Bertz CT molecular complexity index is 966. The fourth-order valence-corrected chi connectivity index (χ4v) is 5.21. The molecule has 6 heteroatoms. The third-order valence-corrected chi connectivity index (χ3v) is 7.22. The van der Waals surface area contributed by atoms with Crippen molar-refractivity contribution in [2.24, 2.45) is 0 Å². The van der Waals surface area contributed by atoms with Crippen molar-refractivity contribution >= 4 is 21.6 Å². The summed E-state index contributed by atoms with van der Waals surface area (Å²) in [6, 6.07) is 14.4. The van der Waals surface area contributed by atoms with E-state index in [9.17, 15) is 13.2 Å². The first kappa shape index (κ1) is 19.6. The highest BCUT2D eigenvalue weighted by atomic mass is 32.2. The topological polar surface area (TPSA) is 57.7 Å². The van der Waals surface area contributed by atoms with Gasteiger partial charge in [-0.15, -0.1) is 0 Å². The van der Waals surface area contributed by atoms with Gasteiger partial charge in [0.1, 0.15) is 0 Å². The Morgan fingerprint density at radius 3 is 2.30 bits per heavy atom. The van der Waals surface area contributed by atoms with Gasteiger partial charge in [-0.05, 0) is 57.0 Å². The molecular weight excluding hydrogens is 360 g/mol. The number of rotatable bonds is 5. The standard InChI is InChI=1S/C21H26N2O3S/c1-15(2)23(14-16-9-7-6-8-10-16)27(25,26)17-11-12-19-18(13-17)21(3,4)20(24)22(19)5/h6-13,15H,14H2,1-5H3. The molecule has 1 aliphatic rings. The molecule has 0 aliphatic carbocycles. The maximum atomic E-state index is 13.4. The number of likely N-dealkylation sites (N-methyl/N-ethyl adjacent to an activating group) is 1. The minimum atomic E-state index is -3.70. The van der Waals surface area contributed by atoms with Crippen LogP contribution in [0.2, 0.25) is 0 Å². The highest BCUT2D eigenvalue weighted by molar-refractivity contribution is 7.89. The van der Waals surface area contributed by atoms with Crippen LogP contribution in [0, 0.1) is 0 Å². The summed E-state index contributed by atoms with van der Waals surface area (Å²) in [7, 11) is -1.98. The van der Waals surface area contributed by atoms with Gasteiger partial charge in [0, 0.05) is 25.3 Å². The average molecular weight is 387 g/mol. The fraction of sp³-hybridized carbons (Fsp3) is 0.381. The molecule has 0 unspecified atom stereocenters. The minimum absolute atomic E-state index is 0.0305. The van der Waals surface area contributed by atoms with E-state index < -0.39 is 15.4 Å². The molecule has 0 bridgehead atoms. The number of amides is 1. The van der Waals surface area contributed by atoms with E-state index in [-0.39, 0.29) is 16.8 Å². The van der Waals surface area contributed by atoms with Gasteiger partial charge in [0.25, 0.3) is 0 Å². The number of nitrogens with zero attached hydrogens (tertiary/aromatic N) is 2. The van der Waals surface area contributed by atoms with E-state index in [0.29, 0.717) is 6.54 Å². The van der Waals surface area contributed by atoms with Crippen LogP contribution in [0.1, 0.15) is 38.8 Å². The number of carbonyl (C=O) groups is 1. The second kappa shape index (κ2) is 6.77. The van der Waals surface area contributed by atoms with Crippen LogP contribution in [-0.2, 0) is 26.8 Å². The molecule has 0 fully saturated rings. The van der Waals surface area contributed by atoms with Crippen molar-refractivity contribution < 1.29 is 13.2 Å². The lowest BCUT2D eigenvalue weighted by atomic mass is 9.86. The molecular formula is C21H26N2O3S. The highest BCUT2D eigenvalue weighted by Gasteiger charge is 2.43. The molecule has 0 saturated carbocycles. The molecule has 0 saturated heterocycles. The van der Waals surface area contributed by atoms with E-state index in [2.05, 4.69) is 0 Å². The monoisotopic (exact) mass is 386 g/mol. The van der Waals surface area contributed by atoms with Crippen molar-refractivity contribution in [2.45, 2.75) is 50.6 Å². The third-order valence-electron chi connectivity index (χ3n) is 5.21. The number of anilines is 1. The molecule has 3 rings (SSSR count). The van der Waals surface area contributed by atoms with Gasteiger partial charge in [-0.1, -0.05) is 30.3 Å². The first-order valence-corrected chi connectivity index (χ1v) is 10.5. The van der Waals surface area contributed by atoms with E-state index in [1.807, 2.05) is 58.0 Å². The number of sulfonamides is 1. The Kier molecular flexibility index (Phi) is 4.91. The van der Waals surface area contributed by atoms with Gasteiger partial charge in [0.15, 0.2) is 0 Å². The lowest BCUT2D eigenvalue weighted by Crippen LogP contribution is -2.36. The zero-order chi connectivity index (χ0) is 20.0. The summed E-state index contributed by atoms with van der Waals surface area (Å²) in [6.45, 7) is 7.71. The smallest absolute Gasteiger partial charge is 0.243 e. The molecule has 0 atom stereocenters. The third kappa shape index (κ3) is 3.28. The molecule has 0 spiro atoms. The summed E-state index contributed by atoms with van der Waals surface area (Å²) in [5.41, 5.74) is 1.71. The predicted octanol–water partition coefficient (Wildman–Crippen LogP) is 3.54. The van der Waals surface area contributed by atoms with Gasteiger partial charge < -0.3 is 4.90 Å². The van der Waals surface area contributed by atoms with Crippen molar-refractivity contribution in [1.29, 1.82) is 0 Å². The zero-order valence-corrected chi connectivity index (χ0v) is 17.2. The second-order valence-electron chi connectivity index (χ2n) is 7.80. The predicted molar refractivity (Wildman–Crippen MR) is 107 cm³/mol. The highest BCUT2D eigenvalue weighted by Crippen LogP contribution is 2.42. The van der Waals surface area contributed by atoms with Crippen molar-refractivity contribution in [1.82, 2.24) is 4.31 Å². The van der Waals surface area contributed by atoms with Gasteiger partial charge in [-0.2, -0.15) is 4.31 Å². The molecule has 0 aromatic heterocycles. The normalized spacial score (nSPS) is 16.3.